The molecule has 6 nitrogen and oxygen atoms in total. The standard InChI is InChI=1S/C12H18N6/c1-7(2)8-6-18(3)10-5-4-9(15-11(8)10)12(13)16-17-14/h4-7,17H,14H2,1-3H3,(H2,13,16). The lowest BCUT2D eigenvalue weighted by molar-refractivity contribution is 0.803. The number of hydrazone groups is 1. The smallest absolute Gasteiger partial charge is 0.170 e. The van der Waals surface area contributed by atoms with E-state index in [1.54, 1.807) is 0 Å². The number of nitrogens with zero attached hydrogens (tertiary/aromatic N) is 3. The number of aromatic nitrogens is 2. The summed E-state index contributed by atoms with van der Waals surface area (Å²) in [6.45, 7) is 4.28. The molecule has 0 spiro atoms. The van der Waals surface area contributed by atoms with Crippen molar-refractivity contribution in [1.82, 2.24) is 15.1 Å². The molecule has 2 rings (SSSR count). The zero-order valence-corrected chi connectivity index (χ0v) is 10.8. The van der Waals surface area contributed by atoms with Crippen molar-refractivity contribution >= 4 is 16.9 Å². The van der Waals surface area contributed by atoms with Gasteiger partial charge < -0.3 is 10.3 Å². The van der Waals surface area contributed by atoms with E-state index in [2.05, 4.69) is 40.2 Å². The van der Waals surface area contributed by atoms with Crippen LogP contribution in [0.5, 0.6) is 0 Å². The summed E-state index contributed by atoms with van der Waals surface area (Å²) in [4.78, 5) is 4.56. The van der Waals surface area contributed by atoms with E-state index < -0.39 is 0 Å². The first-order valence-corrected chi connectivity index (χ1v) is 5.79. The van der Waals surface area contributed by atoms with Gasteiger partial charge in [-0.2, -0.15) is 0 Å². The van der Waals surface area contributed by atoms with Crippen molar-refractivity contribution in [3.05, 3.63) is 29.6 Å². The summed E-state index contributed by atoms with van der Waals surface area (Å²) < 4.78 is 2.07. The molecule has 96 valence electrons. The molecule has 0 bridgehead atoms. The molecule has 6 heteroatoms. The van der Waals surface area contributed by atoms with Crippen LogP contribution in [0.4, 0.5) is 0 Å². The third-order valence-electron chi connectivity index (χ3n) is 2.93. The van der Waals surface area contributed by atoms with Gasteiger partial charge in [-0.3, -0.25) is 0 Å². The van der Waals surface area contributed by atoms with Crippen LogP contribution < -0.4 is 17.1 Å². The van der Waals surface area contributed by atoms with E-state index in [-0.39, 0.29) is 5.84 Å². The molecule has 2 aromatic heterocycles. The molecule has 0 unspecified atom stereocenters. The van der Waals surface area contributed by atoms with Crippen LogP contribution in [0, 0.1) is 0 Å². The molecular weight excluding hydrogens is 228 g/mol. The SMILES string of the molecule is CC(C)c1cn(C)c2ccc(/C(N)=N/NN)nc12. The average molecular weight is 246 g/mol. The maximum atomic E-state index is 5.77. The zero-order valence-electron chi connectivity index (χ0n) is 10.8. The first-order valence-electron chi connectivity index (χ1n) is 5.79. The van der Waals surface area contributed by atoms with Crippen molar-refractivity contribution in [2.75, 3.05) is 0 Å². The first-order chi connectivity index (χ1) is 8.54. The van der Waals surface area contributed by atoms with E-state index in [0.29, 0.717) is 11.6 Å². The molecule has 0 atom stereocenters. The fourth-order valence-electron chi connectivity index (χ4n) is 1.98. The lowest BCUT2D eigenvalue weighted by Crippen LogP contribution is -2.23. The van der Waals surface area contributed by atoms with Crippen LogP contribution in [0.25, 0.3) is 11.0 Å². The predicted molar refractivity (Wildman–Crippen MR) is 72.9 cm³/mol. The van der Waals surface area contributed by atoms with Gasteiger partial charge in [-0.15, -0.1) is 5.10 Å². The fourth-order valence-corrected chi connectivity index (χ4v) is 1.98. The average Bonchev–Trinajstić information content (AvgIpc) is 2.67. The maximum absolute atomic E-state index is 5.77. The second-order valence-corrected chi connectivity index (χ2v) is 4.54. The van der Waals surface area contributed by atoms with Crippen LogP contribution in [0.2, 0.25) is 0 Å². The molecule has 0 aliphatic rings. The Labute approximate surface area is 106 Å². The molecule has 18 heavy (non-hydrogen) atoms. The van der Waals surface area contributed by atoms with Crippen LogP contribution >= 0.6 is 0 Å². The van der Waals surface area contributed by atoms with Gasteiger partial charge in [-0.25, -0.2) is 16.4 Å². The van der Waals surface area contributed by atoms with Crippen LogP contribution in [0.1, 0.15) is 31.0 Å². The number of pyridine rings is 1. The fraction of sp³-hybridized carbons (Fsp3) is 0.333. The molecule has 2 aromatic rings. The van der Waals surface area contributed by atoms with E-state index in [9.17, 15) is 0 Å². The molecule has 0 amide bonds. The van der Waals surface area contributed by atoms with Crippen LogP contribution in [-0.4, -0.2) is 15.4 Å². The first kappa shape index (κ1) is 12.4. The largest absolute Gasteiger partial charge is 0.380 e. The number of nitrogens with two attached hydrogens (primary N) is 2. The minimum absolute atomic E-state index is 0.276. The monoisotopic (exact) mass is 246 g/mol. The topological polar surface area (TPSA) is 94.2 Å². The molecular formula is C12H18N6. The van der Waals surface area contributed by atoms with Crippen molar-refractivity contribution < 1.29 is 0 Å². The van der Waals surface area contributed by atoms with Gasteiger partial charge in [0.25, 0.3) is 0 Å². The van der Waals surface area contributed by atoms with E-state index >= 15 is 0 Å². The summed E-state index contributed by atoms with van der Waals surface area (Å²) in [5.74, 6) is 5.79. The number of hydrazine groups is 1. The van der Waals surface area contributed by atoms with Crippen molar-refractivity contribution in [2.45, 2.75) is 19.8 Å². The molecule has 0 aromatic carbocycles. The Morgan fingerprint density at radius 1 is 1.44 bits per heavy atom. The normalized spacial score (nSPS) is 12.4. The molecule has 0 aliphatic heterocycles. The van der Waals surface area contributed by atoms with Gasteiger partial charge in [0.15, 0.2) is 5.84 Å². The third kappa shape index (κ3) is 2.02. The number of nitrogens with one attached hydrogen (secondary N) is 1. The van der Waals surface area contributed by atoms with Crippen LogP contribution in [-0.2, 0) is 7.05 Å². The Kier molecular flexibility index (Phi) is 3.20. The summed E-state index contributed by atoms with van der Waals surface area (Å²) in [6.07, 6.45) is 2.10. The Morgan fingerprint density at radius 2 is 2.17 bits per heavy atom. The van der Waals surface area contributed by atoms with Gasteiger partial charge in [-0.1, -0.05) is 13.8 Å². The summed E-state index contributed by atoms with van der Waals surface area (Å²) in [5.41, 5.74) is 11.8. The quantitative estimate of drug-likeness (QED) is 0.323. The Bertz CT molecular complexity index is 596. The molecule has 0 saturated heterocycles. The molecule has 5 N–H and O–H groups in total. The van der Waals surface area contributed by atoms with Crippen LogP contribution in [0.3, 0.4) is 0 Å². The van der Waals surface area contributed by atoms with Crippen molar-refractivity contribution in [2.24, 2.45) is 23.7 Å². The Morgan fingerprint density at radius 3 is 2.78 bits per heavy atom. The molecule has 2 heterocycles. The minimum Gasteiger partial charge on any atom is -0.380 e. The number of aryl methyl sites for hydroxylation is 1. The van der Waals surface area contributed by atoms with Gasteiger partial charge in [0.05, 0.1) is 11.0 Å². The highest BCUT2D eigenvalue weighted by atomic mass is 15.5. The highest BCUT2D eigenvalue weighted by Crippen LogP contribution is 2.25. The number of hydrogen-bond donors (Lipinski definition) is 3. The Hall–Kier alpha value is -2.08. The van der Waals surface area contributed by atoms with Gasteiger partial charge in [0.1, 0.15) is 5.69 Å². The van der Waals surface area contributed by atoms with E-state index in [1.165, 1.54) is 5.56 Å². The molecule has 0 aliphatic carbocycles. The molecule has 0 saturated carbocycles. The van der Waals surface area contributed by atoms with Gasteiger partial charge in [0, 0.05) is 13.2 Å². The van der Waals surface area contributed by atoms with Crippen molar-refractivity contribution in [1.29, 1.82) is 0 Å². The Balaban J connectivity index is 2.63. The van der Waals surface area contributed by atoms with Gasteiger partial charge >= 0.3 is 0 Å². The van der Waals surface area contributed by atoms with Crippen LogP contribution in [0.15, 0.2) is 23.4 Å². The van der Waals surface area contributed by atoms with Gasteiger partial charge in [0.2, 0.25) is 0 Å². The lowest BCUT2D eigenvalue weighted by atomic mass is 10.1. The number of fused-ring (bicyclic) bond motifs is 1. The second kappa shape index (κ2) is 4.66. The number of hydrogen-bond acceptors (Lipinski definition) is 4. The highest BCUT2D eigenvalue weighted by molar-refractivity contribution is 5.97. The molecule has 0 radical (unpaired) electrons. The lowest BCUT2D eigenvalue weighted by Gasteiger charge is -2.04. The van der Waals surface area contributed by atoms with Crippen molar-refractivity contribution in [3.8, 4) is 0 Å². The summed E-state index contributed by atoms with van der Waals surface area (Å²) in [6, 6.07) is 3.82. The number of rotatable bonds is 3. The minimum atomic E-state index is 0.276. The highest BCUT2D eigenvalue weighted by Gasteiger charge is 2.12. The second-order valence-electron chi connectivity index (χ2n) is 4.54. The predicted octanol–water partition coefficient (Wildman–Crippen LogP) is 0.780. The number of amidine groups is 1. The summed E-state index contributed by atoms with van der Waals surface area (Å²) in [5, 5.41) is 3.74. The third-order valence-corrected chi connectivity index (χ3v) is 2.93. The van der Waals surface area contributed by atoms with E-state index in [4.69, 9.17) is 11.6 Å². The van der Waals surface area contributed by atoms with E-state index in [0.717, 1.165) is 11.0 Å². The molecule has 0 fully saturated rings. The summed E-state index contributed by atoms with van der Waals surface area (Å²) in [7, 11) is 2.01. The van der Waals surface area contributed by atoms with Gasteiger partial charge in [-0.05, 0) is 23.6 Å². The maximum Gasteiger partial charge on any atom is 0.170 e. The zero-order chi connectivity index (χ0) is 13.3. The summed E-state index contributed by atoms with van der Waals surface area (Å²) >= 11 is 0. The van der Waals surface area contributed by atoms with Crippen molar-refractivity contribution in [3.63, 3.8) is 0 Å². The van der Waals surface area contributed by atoms with E-state index in [1.807, 2.05) is 19.2 Å².